The van der Waals surface area contributed by atoms with E-state index >= 15 is 0 Å². The van der Waals surface area contributed by atoms with Crippen LogP contribution in [0.25, 0.3) is 0 Å². The molecule has 0 amide bonds. The molecule has 0 saturated carbocycles. The highest BCUT2D eigenvalue weighted by molar-refractivity contribution is 5.86. The van der Waals surface area contributed by atoms with E-state index in [1.54, 1.807) is 12.1 Å². The Hall–Kier alpha value is -1.75. The monoisotopic (exact) mass is 224 g/mol. The van der Waals surface area contributed by atoms with E-state index in [0.717, 1.165) is 0 Å². The molecule has 1 aromatic carbocycles. The topological polar surface area (TPSA) is 54.0 Å². The summed E-state index contributed by atoms with van der Waals surface area (Å²) < 4.78 is 20.4. The molecule has 1 aliphatic rings. The average Bonchev–Trinajstić information content (AvgIpc) is 2.62. The highest BCUT2D eigenvalue weighted by Crippen LogP contribution is 2.44. The summed E-state index contributed by atoms with van der Waals surface area (Å²) >= 11 is 0. The number of hydrogen-bond donors (Lipinski definition) is 0. The summed E-state index contributed by atoms with van der Waals surface area (Å²) in [7, 11) is 4.50. The van der Waals surface area contributed by atoms with Gasteiger partial charge in [0.25, 0.3) is 0 Å². The van der Waals surface area contributed by atoms with Crippen molar-refractivity contribution < 1.29 is 23.7 Å². The quantitative estimate of drug-likeness (QED) is 0.572. The summed E-state index contributed by atoms with van der Waals surface area (Å²) in [5, 5.41) is 0. The lowest BCUT2D eigenvalue weighted by Gasteiger charge is -2.10. The van der Waals surface area contributed by atoms with Crippen molar-refractivity contribution in [1.82, 2.24) is 0 Å². The Labute approximate surface area is 92.9 Å². The number of carbonyl (C=O) groups is 1. The zero-order chi connectivity index (χ0) is 11.7. The zero-order valence-electron chi connectivity index (χ0n) is 9.27. The summed E-state index contributed by atoms with van der Waals surface area (Å²) in [6.45, 7) is 0. The Morgan fingerprint density at radius 3 is 2.50 bits per heavy atom. The van der Waals surface area contributed by atoms with Crippen LogP contribution in [0.5, 0.6) is 17.2 Å². The summed E-state index contributed by atoms with van der Waals surface area (Å²) in [5.41, 5.74) is 0.607. The van der Waals surface area contributed by atoms with Crippen molar-refractivity contribution in [3.63, 3.8) is 0 Å². The predicted molar refractivity (Wildman–Crippen MR) is 54.9 cm³/mol. The summed E-state index contributed by atoms with van der Waals surface area (Å²) in [4.78, 5) is 11.5. The molecule has 1 atom stereocenters. The lowest BCUT2D eigenvalue weighted by molar-refractivity contribution is -0.142. The van der Waals surface area contributed by atoms with Gasteiger partial charge < -0.3 is 18.9 Å². The molecule has 0 spiro atoms. The minimum Gasteiger partial charge on any atom is -0.496 e. The molecule has 1 aliphatic heterocycles. The van der Waals surface area contributed by atoms with E-state index in [1.165, 1.54) is 21.3 Å². The van der Waals surface area contributed by atoms with E-state index in [-0.39, 0.29) is 0 Å². The minimum atomic E-state index is -0.726. The number of esters is 1. The minimum absolute atomic E-state index is 0.424. The highest BCUT2D eigenvalue weighted by atomic mass is 16.6. The first kappa shape index (κ1) is 10.8. The van der Waals surface area contributed by atoms with Crippen molar-refractivity contribution in [2.24, 2.45) is 0 Å². The number of hydrogen-bond acceptors (Lipinski definition) is 5. The fourth-order valence-corrected chi connectivity index (χ4v) is 1.70. The largest absolute Gasteiger partial charge is 0.496 e. The lowest BCUT2D eigenvalue weighted by Crippen LogP contribution is -2.11. The number of fused-ring (bicyclic) bond motifs is 1. The molecule has 86 valence electrons. The Balaban J connectivity index is 2.55. The molecule has 16 heavy (non-hydrogen) atoms. The molecule has 0 aliphatic carbocycles. The normalized spacial score (nSPS) is 17.9. The molecule has 0 saturated heterocycles. The second-order valence-corrected chi connectivity index (χ2v) is 3.28. The van der Waals surface area contributed by atoms with Crippen molar-refractivity contribution in [3.05, 3.63) is 17.7 Å². The predicted octanol–water partition coefficient (Wildman–Crippen LogP) is 1.31. The molecule has 2 rings (SSSR count). The van der Waals surface area contributed by atoms with Gasteiger partial charge in [-0.05, 0) is 0 Å². The molecule has 1 unspecified atom stereocenters. The average molecular weight is 224 g/mol. The summed E-state index contributed by atoms with van der Waals surface area (Å²) in [6.07, 6.45) is -0.726. The second kappa shape index (κ2) is 4.02. The second-order valence-electron chi connectivity index (χ2n) is 3.28. The molecule has 5 nitrogen and oxygen atoms in total. The Morgan fingerprint density at radius 1 is 1.19 bits per heavy atom. The fourth-order valence-electron chi connectivity index (χ4n) is 1.70. The van der Waals surface area contributed by atoms with E-state index in [4.69, 9.17) is 18.9 Å². The van der Waals surface area contributed by atoms with Crippen LogP contribution in [-0.2, 0) is 9.53 Å². The molecule has 0 N–H and O–H groups in total. The maximum atomic E-state index is 11.5. The van der Waals surface area contributed by atoms with Gasteiger partial charge in [0.2, 0.25) is 0 Å². The Bertz CT molecular complexity index is 427. The van der Waals surface area contributed by atoms with Crippen molar-refractivity contribution in [3.8, 4) is 17.2 Å². The maximum absolute atomic E-state index is 11.5. The standard InChI is InChI=1S/C11H12O5/c1-13-6-4-7(14-2)9-8(5-6)16-11(12)10(9)15-3/h4-5,10H,1-3H3. The summed E-state index contributed by atoms with van der Waals surface area (Å²) in [5.74, 6) is 1.07. The van der Waals surface area contributed by atoms with Gasteiger partial charge in [-0.15, -0.1) is 0 Å². The molecule has 0 fully saturated rings. The molecule has 5 heteroatoms. The van der Waals surface area contributed by atoms with Gasteiger partial charge in [0.15, 0.2) is 6.10 Å². The van der Waals surface area contributed by atoms with Crippen molar-refractivity contribution in [1.29, 1.82) is 0 Å². The van der Waals surface area contributed by atoms with Crippen LogP contribution in [0.2, 0.25) is 0 Å². The van der Waals surface area contributed by atoms with Gasteiger partial charge in [-0.1, -0.05) is 0 Å². The number of methoxy groups -OCH3 is 3. The molecule has 1 heterocycles. The Morgan fingerprint density at radius 2 is 1.94 bits per heavy atom. The maximum Gasteiger partial charge on any atom is 0.345 e. The van der Waals surface area contributed by atoms with Crippen LogP contribution in [0, 0.1) is 0 Å². The van der Waals surface area contributed by atoms with E-state index in [0.29, 0.717) is 22.8 Å². The van der Waals surface area contributed by atoms with Gasteiger partial charge in [0.05, 0.1) is 19.8 Å². The van der Waals surface area contributed by atoms with Gasteiger partial charge in [-0.2, -0.15) is 0 Å². The van der Waals surface area contributed by atoms with Crippen LogP contribution in [0.15, 0.2) is 12.1 Å². The van der Waals surface area contributed by atoms with Crippen LogP contribution in [0.4, 0.5) is 0 Å². The number of ether oxygens (including phenoxy) is 4. The van der Waals surface area contributed by atoms with Gasteiger partial charge in [0.1, 0.15) is 17.2 Å². The van der Waals surface area contributed by atoms with Crippen molar-refractivity contribution >= 4 is 5.97 Å². The van der Waals surface area contributed by atoms with E-state index in [9.17, 15) is 4.79 Å². The van der Waals surface area contributed by atoms with Gasteiger partial charge >= 0.3 is 5.97 Å². The van der Waals surface area contributed by atoms with Crippen LogP contribution < -0.4 is 14.2 Å². The first-order valence-electron chi connectivity index (χ1n) is 4.71. The highest BCUT2D eigenvalue weighted by Gasteiger charge is 2.37. The van der Waals surface area contributed by atoms with Crippen LogP contribution in [-0.4, -0.2) is 27.3 Å². The fraction of sp³-hybridized carbons (Fsp3) is 0.364. The van der Waals surface area contributed by atoms with E-state index < -0.39 is 12.1 Å². The molecule has 1 aromatic rings. The smallest absolute Gasteiger partial charge is 0.345 e. The Kier molecular flexibility index (Phi) is 2.70. The van der Waals surface area contributed by atoms with Crippen LogP contribution in [0.3, 0.4) is 0 Å². The molecule has 0 bridgehead atoms. The number of rotatable bonds is 3. The van der Waals surface area contributed by atoms with Gasteiger partial charge in [-0.25, -0.2) is 4.79 Å². The SMILES string of the molecule is COc1cc(OC)c2c(c1)OC(=O)C2OC. The zero-order valence-corrected chi connectivity index (χ0v) is 9.27. The van der Waals surface area contributed by atoms with E-state index in [2.05, 4.69) is 0 Å². The molecular formula is C11H12O5. The van der Waals surface area contributed by atoms with E-state index in [1.807, 2.05) is 0 Å². The third-order valence-electron chi connectivity index (χ3n) is 2.46. The third kappa shape index (κ3) is 1.49. The van der Waals surface area contributed by atoms with Gasteiger partial charge in [0, 0.05) is 19.2 Å². The summed E-state index contributed by atoms with van der Waals surface area (Å²) in [6, 6.07) is 3.32. The van der Waals surface area contributed by atoms with Crippen LogP contribution >= 0.6 is 0 Å². The molecule has 0 aromatic heterocycles. The lowest BCUT2D eigenvalue weighted by atomic mass is 10.1. The molecular weight excluding hydrogens is 212 g/mol. The number of benzene rings is 1. The van der Waals surface area contributed by atoms with Crippen molar-refractivity contribution in [2.75, 3.05) is 21.3 Å². The number of carbonyl (C=O) groups excluding carboxylic acids is 1. The first-order chi connectivity index (χ1) is 7.71. The third-order valence-corrected chi connectivity index (χ3v) is 2.46. The van der Waals surface area contributed by atoms with Crippen LogP contribution in [0.1, 0.15) is 11.7 Å². The van der Waals surface area contributed by atoms with Gasteiger partial charge in [-0.3, -0.25) is 0 Å². The first-order valence-corrected chi connectivity index (χ1v) is 4.71. The van der Waals surface area contributed by atoms with Crippen molar-refractivity contribution in [2.45, 2.75) is 6.10 Å². The molecule has 0 radical (unpaired) electrons.